The van der Waals surface area contributed by atoms with E-state index >= 15 is 0 Å². The molecule has 0 saturated carbocycles. The van der Waals surface area contributed by atoms with Crippen LogP contribution in [0.1, 0.15) is 26.3 Å². The molecule has 27 heavy (non-hydrogen) atoms. The molecule has 0 saturated heterocycles. The van der Waals surface area contributed by atoms with E-state index in [1.54, 1.807) is 55.7 Å². The van der Waals surface area contributed by atoms with E-state index in [0.717, 1.165) is 9.87 Å². The number of benzene rings is 1. The molecule has 1 aromatic carbocycles. The van der Waals surface area contributed by atoms with E-state index in [4.69, 9.17) is 0 Å². The number of rotatable bonds is 4. The summed E-state index contributed by atoms with van der Waals surface area (Å²) < 4.78 is 28.0. The zero-order valence-corrected chi connectivity index (χ0v) is 15.9. The molecule has 0 fully saturated rings. The number of nitrogens with zero attached hydrogens (tertiary/aromatic N) is 5. The van der Waals surface area contributed by atoms with Gasteiger partial charge >= 0.3 is 0 Å². The van der Waals surface area contributed by atoms with Crippen LogP contribution in [0, 0.1) is 23.3 Å². The highest BCUT2D eigenvalue weighted by Gasteiger charge is 2.25. The Morgan fingerprint density at radius 1 is 1.26 bits per heavy atom. The molecule has 0 N–H and O–H groups in total. The lowest BCUT2D eigenvalue weighted by atomic mass is 10.1. The smallest absolute Gasteiger partial charge is 0.236 e. The minimum atomic E-state index is -3.61. The highest BCUT2D eigenvalue weighted by molar-refractivity contribution is 7.93. The molecule has 2 aromatic heterocycles. The molecule has 0 atom stereocenters. The molecule has 0 radical (unpaired) electrons. The van der Waals surface area contributed by atoms with Crippen LogP contribution in [0.15, 0.2) is 42.7 Å². The zero-order valence-electron chi connectivity index (χ0n) is 15.1. The minimum Gasteiger partial charge on any atom is -0.236 e. The second-order valence-corrected chi connectivity index (χ2v) is 8.34. The van der Waals surface area contributed by atoms with E-state index in [-0.39, 0.29) is 0 Å². The number of hydrogen-bond donors (Lipinski definition) is 0. The third kappa shape index (κ3) is 3.23. The molecule has 7 nitrogen and oxygen atoms in total. The van der Waals surface area contributed by atoms with Gasteiger partial charge in [-0.05, 0) is 39.0 Å². The summed E-state index contributed by atoms with van der Waals surface area (Å²) in [5.74, 6) is 2.66. The largest absolute Gasteiger partial charge is 0.248 e. The third-order valence-corrected chi connectivity index (χ3v) is 5.96. The summed E-state index contributed by atoms with van der Waals surface area (Å²) in [6.07, 6.45) is 3.04. The number of fused-ring (bicyclic) bond motifs is 1. The zero-order chi connectivity index (χ0) is 19.6. The molecular weight excluding hydrogens is 362 g/mol. The molecule has 2 heterocycles. The summed E-state index contributed by atoms with van der Waals surface area (Å²) in [6.45, 7) is 4.82. The van der Waals surface area contributed by atoms with Gasteiger partial charge in [0, 0.05) is 17.8 Å². The Morgan fingerprint density at radius 2 is 2.04 bits per heavy atom. The quantitative estimate of drug-likeness (QED) is 0.513. The number of sulfonamides is 1. The maximum absolute atomic E-state index is 12.7. The molecule has 136 valence electrons. The molecule has 0 aliphatic rings. The van der Waals surface area contributed by atoms with Crippen LogP contribution in [0.4, 0.5) is 5.69 Å². The van der Waals surface area contributed by atoms with Crippen molar-refractivity contribution in [2.45, 2.75) is 26.0 Å². The maximum Gasteiger partial charge on any atom is 0.248 e. The van der Waals surface area contributed by atoms with Crippen molar-refractivity contribution in [2.24, 2.45) is 0 Å². The van der Waals surface area contributed by atoms with Crippen molar-refractivity contribution in [1.82, 2.24) is 14.6 Å². The average molecular weight is 379 g/mol. The highest BCUT2D eigenvalue weighted by atomic mass is 32.2. The maximum atomic E-state index is 12.7. The van der Waals surface area contributed by atoms with E-state index in [9.17, 15) is 13.7 Å². The molecule has 3 aromatic rings. The summed E-state index contributed by atoms with van der Waals surface area (Å²) in [5, 5.41) is 12.8. The van der Waals surface area contributed by atoms with E-state index in [0.29, 0.717) is 22.6 Å². The second kappa shape index (κ2) is 7.10. The predicted molar refractivity (Wildman–Crippen MR) is 103 cm³/mol. The molecule has 0 unspecified atom stereocenters. The van der Waals surface area contributed by atoms with Gasteiger partial charge in [-0.2, -0.15) is 14.7 Å². The summed E-state index contributed by atoms with van der Waals surface area (Å²) >= 11 is 0. The standard InChI is InChI=1S/C19H17N5O2S/c1-4-10-23(27(25,26)14(2)3)17-7-5-6-15(11-17)18-8-9-21-19-16(12-20)13-22-24(18)19/h5-9,11,13-14H,1-3H3. The van der Waals surface area contributed by atoms with Gasteiger partial charge in [-0.3, -0.25) is 0 Å². The van der Waals surface area contributed by atoms with Crippen molar-refractivity contribution < 1.29 is 8.42 Å². The number of nitriles is 1. The Hall–Kier alpha value is -3.36. The molecule has 0 amide bonds. The van der Waals surface area contributed by atoms with Gasteiger partial charge in [-0.15, -0.1) is 0 Å². The predicted octanol–water partition coefficient (Wildman–Crippen LogP) is 2.79. The molecule has 8 heteroatoms. The van der Waals surface area contributed by atoms with Crippen molar-refractivity contribution in [2.75, 3.05) is 4.31 Å². The number of anilines is 1. The number of hydrogen-bond acceptors (Lipinski definition) is 5. The molecule has 3 rings (SSSR count). The summed E-state index contributed by atoms with van der Waals surface area (Å²) in [4.78, 5) is 4.20. The third-order valence-electron chi connectivity index (χ3n) is 3.96. The van der Waals surface area contributed by atoms with E-state index < -0.39 is 15.3 Å². The lowest BCUT2D eigenvalue weighted by molar-refractivity contribution is 0.588. The number of aromatic nitrogens is 3. The van der Waals surface area contributed by atoms with Crippen molar-refractivity contribution >= 4 is 21.4 Å². The van der Waals surface area contributed by atoms with Gasteiger partial charge in [0.15, 0.2) is 5.65 Å². The first-order valence-electron chi connectivity index (χ1n) is 8.20. The second-order valence-electron chi connectivity index (χ2n) is 6.01. The van der Waals surface area contributed by atoms with Gasteiger partial charge < -0.3 is 0 Å². The average Bonchev–Trinajstić information content (AvgIpc) is 3.09. The Balaban J connectivity index is 2.18. The molecule has 0 aliphatic carbocycles. The van der Waals surface area contributed by atoms with Crippen LogP contribution < -0.4 is 4.31 Å². The lowest BCUT2D eigenvalue weighted by Gasteiger charge is -2.21. The summed E-state index contributed by atoms with van der Waals surface area (Å²) in [7, 11) is -3.61. The Morgan fingerprint density at radius 3 is 2.70 bits per heavy atom. The van der Waals surface area contributed by atoms with Gasteiger partial charge in [0.25, 0.3) is 0 Å². The Kier molecular flexibility index (Phi) is 4.85. The van der Waals surface area contributed by atoms with E-state index in [1.165, 1.54) is 6.20 Å². The molecule has 0 spiro atoms. The van der Waals surface area contributed by atoms with Crippen LogP contribution in [-0.4, -0.2) is 28.3 Å². The van der Waals surface area contributed by atoms with Gasteiger partial charge in [0.05, 0.1) is 22.8 Å². The first-order chi connectivity index (χ1) is 12.9. The van der Waals surface area contributed by atoms with Gasteiger partial charge in [-0.1, -0.05) is 18.1 Å². The normalized spacial score (nSPS) is 11.1. The van der Waals surface area contributed by atoms with Gasteiger partial charge in [-0.25, -0.2) is 17.9 Å². The highest BCUT2D eigenvalue weighted by Crippen LogP contribution is 2.27. The fraction of sp³-hybridized carbons (Fsp3) is 0.211. The van der Waals surface area contributed by atoms with Gasteiger partial charge in [0.1, 0.15) is 11.6 Å². The van der Waals surface area contributed by atoms with Crippen molar-refractivity contribution in [3.05, 3.63) is 48.3 Å². The van der Waals surface area contributed by atoms with Crippen LogP contribution in [0.5, 0.6) is 0 Å². The van der Waals surface area contributed by atoms with Crippen LogP contribution in [-0.2, 0) is 10.0 Å². The van der Waals surface area contributed by atoms with Gasteiger partial charge in [0.2, 0.25) is 10.0 Å². The molecular formula is C19H17N5O2S. The van der Waals surface area contributed by atoms with Crippen molar-refractivity contribution in [1.29, 1.82) is 5.26 Å². The fourth-order valence-corrected chi connectivity index (χ4v) is 3.62. The van der Waals surface area contributed by atoms with Crippen LogP contribution >= 0.6 is 0 Å². The minimum absolute atomic E-state index is 0.369. The molecule has 0 aliphatic heterocycles. The van der Waals surface area contributed by atoms with E-state index in [2.05, 4.69) is 28.1 Å². The first-order valence-corrected chi connectivity index (χ1v) is 9.70. The van der Waals surface area contributed by atoms with Crippen LogP contribution in [0.2, 0.25) is 0 Å². The Bertz CT molecular complexity index is 1210. The molecule has 0 bridgehead atoms. The lowest BCUT2D eigenvalue weighted by Crippen LogP contribution is -2.32. The first kappa shape index (κ1) is 18.4. The summed E-state index contributed by atoms with van der Waals surface area (Å²) in [6, 6.07) is 13.5. The topological polar surface area (TPSA) is 91.4 Å². The Labute approximate surface area is 157 Å². The fourth-order valence-electron chi connectivity index (χ4n) is 2.57. The van der Waals surface area contributed by atoms with Crippen molar-refractivity contribution in [3.63, 3.8) is 0 Å². The van der Waals surface area contributed by atoms with Crippen molar-refractivity contribution in [3.8, 4) is 29.3 Å². The summed E-state index contributed by atoms with van der Waals surface area (Å²) in [5.41, 5.74) is 2.67. The van der Waals surface area contributed by atoms with Crippen LogP contribution in [0.25, 0.3) is 16.9 Å². The van der Waals surface area contributed by atoms with Crippen LogP contribution in [0.3, 0.4) is 0 Å². The SMILES string of the molecule is CC#CN(c1cccc(-c2ccnc3c(C#N)cnn23)c1)S(=O)(=O)C(C)C. The van der Waals surface area contributed by atoms with E-state index in [1.807, 2.05) is 6.07 Å². The monoisotopic (exact) mass is 379 g/mol.